The summed E-state index contributed by atoms with van der Waals surface area (Å²) in [5.74, 6) is 0.548. The standard InChI is InChI=1S/C20H23N5OS/c1-14-5-4-6-16(11-14)19-22-23-20(27)25(19)13-18(26)21-12-15-7-9-17(10-8-15)24(2)3/h4-11H,12-13H2,1-3H3,(H,21,26)(H,23,27). The molecule has 0 bridgehead atoms. The van der Waals surface area contributed by atoms with E-state index in [1.165, 1.54) is 0 Å². The maximum atomic E-state index is 12.4. The number of anilines is 1. The highest BCUT2D eigenvalue weighted by atomic mass is 32.1. The summed E-state index contributed by atoms with van der Waals surface area (Å²) >= 11 is 5.30. The molecule has 0 fully saturated rings. The minimum Gasteiger partial charge on any atom is -0.378 e. The van der Waals surface area contributed by atoms with E-state index in [0.717, 1.165) is 22.4 Å². The normalized spacial score (nSPS) is 10.6. The van der Waals surface area contributed by atoms with Crippen molar-refractivity contribution >= 4 is 23.8 Å². The van der Waals surface area contributed by atoms with Gasteiger partial charge in [0, 0.05) is 31.9 Å². The van der Waals surface area contributed by atoms with E-state index in [4.69, 9.17) is 12.2 Å². The Hall–Kier alpha value is -2.93. The van der Waals surface area contributed by atoms with Crippen LogP contribution in [0.4, 0.5) is 5.69 Å². The second kappa shape index (κ2) is 8.18. The molecular weight excluding hydrogens is 358 g/mol. The Morgan fingerprint density at radius 3 is 2.63 bits per heavy atom. The van der Waals surface area contributed by atoms with E-state index in [1.54, 1.807) is 4.57 Å². The molecule has 3 aromatic rings. The molecule has 27 heavy (non-hydrogen) atoms. The number of carbonyl (C=O) groups is 1. The van der Waals surface area contributed by atoms with Gasteiger partial charge in [-0.2, -0.15) is 5.10 Å². The fourth-order valence-electron chi connectivity index (χ4n) is 2.78. The fraction of sp³-hybridized carbons (Fsp3) is 0.250. The predicted molar refractivity (Wildman–Crippen MR) is 110 cm³/mol. The SMILES string of the molecule is Cc1cccc(-c2n[nH]c(=S)n2CC(=O)NCc2ccc(N(C)C)cc2)c1. The van der Waals surface area contributed by atoms with Gasteiger partial charge in [-0.15, -0.1) is 0 Å². The highest BCUT2D eigenvalue weighted by Crippen LogP contribution is 2.18. The van der Waals surface area contributed by atoms with Crippen LogP contribution in [0.1, 0.15) is 11.1 Å². The van der Waals surface area contributed by atoms with Gasteiger partial charge < -0.3 is 10.2 Å². The summed E-state index contributed by atoms with van der Waals surface area (Å²) in [6.45, 7) is 2.61. The molecule has 6 nitrogen and oxygen atoms in total. The second-order valence-electron chi connectivity index (χ2n) is 6.65. The van der Waals surface area contributed by atoms with Crippen LogP contribution < -0.4 is 10.2 Å². The van der Waals surface area contributed by atoms with E-state index < -0.39 is 0 Å². The second-order valence-corrected chi connectivity index (χ2v) is 7.03. The van der Waals surface area contributed by atoms with E-state index >= 15 is 0 Å². The number of aromatic nitrogens is 3. The van der Waals surface area contributed by atoms with Crippen molar-refractivity contribution in [2.45, 2.75) is 20.0 Å². The summed E-state index contributed by atoms with van der Waals surface area (Å²) < 4.78 is 2.14. The maximum Gasteiger partial charge on any atom is 0.240 e. The predicted octanol–water partition coefficient (Wildman–Crippen LogP) is 3.30. The van der Waals surface area contributed by atoms with Crippen LogP contribution in [0.25, 0.3) is 11.4 Å². The molecule has 0 spiro atoms. The number of benzene rings is 2. The molecule has 0 aliphatic rings. The molecule has 1 aromatic heterocycles. The summed E-state index contributed by atoms with van der Waals surface area (Å²) in [5, 5.41) is 10.0. The van der Waals surface area contributed by atoms with Crippen molar-refractivity contribution in [1.82, 2.24) is 20.1 Å². The molecule has 0 radical (unpaired) electrons. The number of amides is 1. The number of carbonyl (C=O) groups excluding carboxylic acids is 1. The van der Waals surface area contributed by atoms with Gasteiger partial charge >= 0.3 is 0 Å². The molecule has 1 heterocycles. The monoisotopic (exact) mass is 381 g/mol. The van der Waals surface area contributed by atoms with Crippen molar-refractivity contribution in [2.24, 2.45) is 0 Å². The summed E-state index contributed by atoms with van der Waals surface area (Å²) in [6.07, 6.45) is 0. The first-order valence-electron chi connectivity index (χ1n) is 8.69. The average Bonchev–Trinajstić information content (AvgIpc) is 3.01. The van der Waals surface area contributed by atoms with Crippen molar-refractivity contribution in [2.75, 3.05) is 19.0 Å². The highest BCUT2D eigenvalue weighted by molar-refractivity contribution is 7.71. The minimum atomic E-state index is -0.113. The lowest BCUT2D eigenvalue weighted by atomic mass is 10.1. The summed E-state index contributed by atoms with van der Waals surface area (Å²) in [5.41, 5.74) is 4.22. The molecule has 140 valence electrons. The molecule has 0 aliphatic heterocycles. The van der Waals surface area contributed by atoms with Crippen molar-refractivity contribution in [3.05, 3.63) is 64.4 Å². The van der Waals surface area contributed by atoms with Crippen molar-refractivity contribution < 1.29 is 4.79 Å². The van der Waals surface area contributed by atoms with Crippen LogP contribution in [0.2, 0.25) is 0 Å². The number of nitrogens with zero attached hydrogens (tertiary/aromatic N) is 3. The Kier molecular flexibility index (Phi) is 5.71. The molecule has 3 rings (SSSR count). The van der Waals surface area contributed by atoms with Crippen LogP contribution >= 0.6 is 12.2 Å². The molecule has 0 aliphatic carbocycles. The number of aryl methyl sites for hydroxylation is 1. The van der Waals surface area contributed by atoms with E-state index in [2.05, 4.69) is 15.5 Å². The van der Waals surface area contributed by atoms with E-state index in [9.17, 15) is 4.79 Å². The van der Waals surface area contributed by atoms with E-state index in [0.29, 0.717) is 17.1 Å². The van der Waals surface area contributed by atoms with E-state index in [1.807, 2.05) is 74.4 Å². The third kappa shape index (κ3) is 4.62. The summed E-state index contributed by atoms with van der Waals surface area (Å²) in [7, 11) is 3.99. The zero-order valence-corrected chi connectivity index (χ0v) is 16.5. The molecule has 0 saturated carbocycles. The van der Waals surface area contributed by atoms with Crippen LogP contribution in [0.5, 0.6) is 0 Å². The van der Waals surface area contributed by atoms with Crippen LogP contribution in [0.3, 0.4) is 0 Å². The Balaban J connectivity index is 1.68. The van der Waals surface area contributed by atoms with Gasteiger partial charge in [-0.05, 0) is 42.9 Å². The average molecular weight is 382 g/mol. The van der Waals surface area contributed by atoms with Gasteiger partial charge in [0.1, 0.15) is 6.54 Å². The number of hydrogen-bond donors (Lipinski definition) is 2. The third-order valence-electron chi connectivity index (χ3n) is 4.28. The number of nitrogens with one attached hydrogen (secondary N) is 2. The number of hydrogen-bond acceptors (Lipinski definition) is 4. The molecule has 0 saturated heterocycles. The first-order chi connectivity index (χ1) is 12.9. The third-order valence-corrected chi connectivity index (χ3v) is 4.59. The zero-order chi connectivity index (χ0) is 19.4. The quantitative estimate of drug-likeness (QED) is 0.643. The number of aromatic amines is 1. The highest BCUT2D eigenvalue weighted by Gasteiger charge is 2.12. The number of H-pyrrole nitrogens is 1. The smallest absolute Gasteiger partial charge is 0.240 e. The Bertz CT molecular complexity index is 988. The largest absolute Gasteiger partial charge is 0.378 e. The molecule has 0 atom stereocenters. The lowest BCUT2D eigenvalue weighted by molar-refractivity contribution is -0.121. The van der Waals surface area contributed by atoms with Crippen LogP contribution in [0, 0.1) is 11.7 Å². The molecule has 7 heteroatoms. The van der Waals surface area contributed by atoms with Gasteiger partial charge in [0.15, 0.2) is 10.6 Å². The molecule has 1 amide bonds. The summed E-state index contributed by atoms with van der Waals surface area (Å²) in [4.78, 5) is 14.5. The van der Waals surface area contributed by atoms with Gasteiger partial charge in [0.25, 0.3) is 0 Å². The fourth-order valence-corrected chi connectivity index (χ4v) is 2.98. The van der Waals surface area contributed by atoms with Gasteiger partial charge in [0.05, 0.1) is 0 Å². The lowest BCUT2D eigenvalue weighted by Crippen LogP contribution is -2.27. The van der Waals surface area contributed by atoms with Gasteiger partial charge in [-0.3, -0.25) is 14.5 Å². The van der Waals surface area contributed by atoms with Gasteiger partial charge in [0.2, 0.25) is 5.91 Å². The van der Waals surface area contributed by atoms with Crippen molar-refractivity contribution in [3.63, 3.8) is 0 Å². The molecule has 0 unspecified atom stereocenters. The first kappa shape index (κ1) is 18.8. The first-order valence-corrected chi connectivity index (χ1v) is 9.10. The Morgan fingerprint density at radius 1 is 1.22 bits per heavy atom. The van der Waals surface area contributed by atoms with Crippen molar-refractivity contribution in [3.8, 4) is 11.4 Å². The number of rotatable bonds is 6. The molecule has 2 aromatic carbocycles. The van der Waals surface area contributed by atoms with Gasteiger partial charge in [-0.25, -0.2) is 0 Å². The maximum absolute atomic E-state index is 12.4. The molecular formula is C20H23N5OS. The van der Waals surface area contributed by atoms with Crippen LogP contribution in [-0.2, 0) is 17.9 Å². The van der Waals surface area contributed by atoms with Crippen molar-refractivity contribution in [1.29, 1.82) is 0 Å². The Morgan fingerprint density at radius 2 is 1.96 bits per heavy atom. The topological polar surface area (TPSA) is 66.0 Å². The minimum absolute atomic E-state index is 0.113. The Labute approximate surface area is 163 Å². The van der Waals surface area contributed by atoms with E-state index in [-0.39, 0.29) is 12.5 Å². The van der Waals surface area contributed by atoms with Crippen LogP contribution in [0.15, 0.2) is 48.5 Å². The zero-order valence-electron chi connectivity index (χ0n) is 15.7. The molecule has 2 N–H and O–H groups in total. The van der Waals surface area contributed by atoms with Gasteiger partial charge in [-0.1, -0.05) is 35.9 Å². The van der Waals surface area contributed by atoms with Crippen LogP contribution in [-0.4, -0.2) is 34.8 Å². The lowest BCUT2D eigenvalue weighted by Gasteiger charge is -2.13. The summed E-state index contributed by atoms with van der Waals surface area (Å²) in [6, 6.07) is 16.0.